The van der Waals surface area contributed by atoms with Crippen LogP contribution >= 0.6 is 0 Å². The zero-order chi connectivity index (χ0) is 7.84. The van der Waals surface area contributed by atoms with Crippen LogP contribution in [0.3, 0.4) is 0 Å². The van der Waals surface area contributed by atoms with Crippen molar-refractivity contribution in [3.05, 3.63) is 11.8 Å². The average Bonchev–Trinajstić information content (AvgIpc) is 2.45. The molecule has 2 aromatic rings. The highest BCUT2D eigenvalue weighted by Crippen LogP contribution is 1.94. The highest BCUT2D eigenvalue weighted by Gasteiger charge is 2.01. The normalized spacial score (nSPS) is 10.5. The number of nitrogens with zero attached hydrogens (tertiary/aromatic N) is 4. The number of nitrogens with one attached hydrogen (secondary N) is 2. The van der Waals surface area contributed by atoms with Gasteiger partial charge in [0.1, 0.15) is 6.33 Å². The van der Waals surface area contributed by atoms with E-state index in [0.717, 1.165) is 0 Å². The Morgan fingerprint density at radius 1 is 1.55 bits per heavy atom. The van der Waals surface area contributed by atoms with Crippen molar-refractivity contribution < 1.29 is 0 Å². The second kappa shape index (κ2) is 1.78. The molecule has 0 aliphatic heterocycles. The molecule has 0 aromatic carbocycles. The van der Waals surface area contributed by atoms with Crippen LogP contribution in [0.15, 0.2) is 6.33 Å². The van der Waals surface area contributed by atoms with Gasteiger partial charge in [-0.15, -0.1) is 5.10 Å². The molecule has 0 radical (unpaired) electrons. The minimum absolute atomic E-state index is 0.0652. The molecule has 2 heterocycles. The summed E-state index contributed by atoms with van der Waals surface area (Å²) in [5.41, 5.74) is 0.857. The lowest BCUT2D eigenvalue weighted by atomic mass is 10.5. The zero-order valence-electron chi connectivity index (χ0n) is 5.44. The van der Waals surface area contributed by atoms with Gasteiger partial charge >= 0.3 is 0 Å². The molecule has 0 spiro atoms. The van der Waals surface area contributed by atoms with Gasteiger partial charge in [-0.25, -0.2) is 9.66 Å². The molecule has 4 N–H and O–H groups in total. The summed E-state index contributed by atoms with van der Waals surface area (Å²) in [6.45, 7) is 0. The van der Waals surface area contributed by atoms with Gasteiger partial charge in [0.05, 0.1) is 0 Å². The van der Waals surface area contributed by atoms with Crippen molar-refractivity contribution in [1.82, 2.24) is 25.1 Å². The highest BCUT2D eigenvalue weighted by atomic mass is 15.4. The van der Waals surface area contributed by atoms with E-state index in [1.165, 1.54) is 11.0 Å². The SMILES string of the molecule is N=c1ncn(N)c2n[nH]nc12. The minimum atomic E-state index is 0.0652. The first-order valence-electron chi connectivity index (χ1n) is 2.87. The molecular weight excluding hydrogens is 146 g/mol. The number of hydrogen-bond donors (Lipinski definition) is 3. The monoisotopic (exact) mass is 151 g/mol. The predicted molar refractivity (Wildman–Crippen MR) is 35.7 cm³/mol. The Balaban J connectivity index is 3.08. The fourth-order valence-electron chi connectivity index (χ4n) is 0.800. The van der Waals surface area contributed by atoms with Gasteiger partial charge in [0.2, 0.25) is 5.65 Å². The molecule has 11 heavy (non-hydrogen) atoms. The molecule has 0 aliphatic rings. The Kier molecular flexibility index (Phi) is 0.945. The number of rotatable bonds is 0. The van der Waals surface area contributed by atoms with Crippen molar-refractivity contribution in [2.45, 2.75) is 0 Å². The van der Waals surface area contributed by atoms with Crippen molar-refractivity contribution in [2.75, 3.05) is 5.84 Å². The molecule has 7 heteroatoms. The number of hydrogen-bond acceptors (Lipinski definition) is 5. The van der Waals surface area contributed by atoms with E-state index in [1.54, 1.807) is 0 Å². The van der Waals surface area contributed by atoms with Gasteiger partial charge in [0.25, 0.3) is 0 Å². The van der Waals surface area contributed by atoms with Crippen molar-refractivity contribution >= 4 is 11.2 Å². The number of H-pyrrole nitrogens is 1. The third kappa shape index (κ3) is 0.672. The molecule has 0 bridgehead atoms. The Bertz CT molecular complexity index is 437. The molecule has 0 aliphatic carbocycles. The zero-order valence-corrected chi connectivity index (χ0v) is 5.44. The maximum absolute atomic E-state index is 7.27. The van der Waals surface area contributed by atoms with E-state index in [4.69, 9.17) is 11.3 Å². The number of fused-ring (bicyclic) bond motifs is 1. The quantitative estimate of drug-likeness (QED) is 0.392. The van der Waals surface area contributed by atoms with Crippen LogP contribution in [0.5, 0.6) is 0 Å². The fraction of sp³-hybridized carbons (Fsp3) is 0. The Hall–Kier alpha value is -1.92. The van der Waals surface area contributed by atoms with Gasteiger partial charge in [-0.05, 0) is 0 Å². The van der Waals surface area contributed by atoms with E-state index >= 15 is 0 Å². The van der Waals surface area contributed by atoms with Crippen molar-refractivity contribution in [3.8, 4) is 0 Å². The third-order valence-corrected chi connectivity index (χ3v) is 1.31. The average molecular weight is 151 g/mol. The molecule has 0 saturated carbocycles. The van der Waals surface area contributed by atoms with Gasteiger partial charge in [-0.2, -0.15) is 10.3 Å². The second-order valence-electron chi connectivity index (χ2n) is 2.00. The lowest BCUT2D eigenvalue weighted by molar-refractivity contribution is 0.916. The Morgan fingerprint density at radius 2 is 2.36 bits per heavy atom. The van der Waals surface area contributed by atoms with E-state index in [9.17, 15) is 0 Å². The van der Waals surface area contributed by atoms with Crippen LogP contribution in [0.1, 0.15) is 0 Å². The number of aromatic amines is 1. The standard InChI is InChI=1S/C4H5N7/c5-3-2-4(9-10-8-2)11(6)1-7-3/h1,5H,6H2,(H,8,9,10). The largest absolute Gasteiger partial charge is 0.336 e. The summed E-state index contributed by atoms with van der Waals surface area (Å²) in [7, 11) is 0. The van der Waals surface area contributed by atoms with Crippen LogP contribution in [0.2, 0.25) is 0 Å². The molecule has 7 nitrogen and oxygen atoms in total. The van der Waals surface area contributed by atoms with Crippen LogP contribution in [0.4, 0.5) is 0 Å². The summed E-state index contributed by atoms with van der Waals surface area (Å²) in [6.07, 6.45) is 1.31. The first kappa shape index (κ1) is 5.83. The minimum Gasteiger partial charge on any atom is -0.336 e. The first-order valence-corrected chi connectivity index (χ1v) is 2.87. The number of aromatic nitrogens is 5. The second-order valence-corrected chi connectivity index (χ2v) is 2.00. The molecule has 0 fully saturated rings. The van der Waals surface area contributed by atoms with E-state index in [1.807, 2.05) is 0 Å². The molecule has 0 atom stereocenters. The molecule has 56 valence electrons. The van der Waals surface area contributed by atoms with Crippen LogP contribution in [0.25, 0.3) is 11.2 Å². The van der Waals surface area contributed by atoms with Crippen molar-refractivity contribution in [2.24, 2.45) is 0 Å². The Morgan fingerprint density at radius 3 is 3.09 bits per heavy atom. The third-order valence-electron chi connectivity index (χ3n) is 1.31. The smallest absolute Gasteiger partial charge is 0.205 e. The summed E-state index contributed by atoms with van der Waals surface area (Å²) >= 11 is 0. The summed E-state index contributed by atoms with van der Waals surface area (Å²) in [4.78, 5) is 3.66. The summed E-state index contributed by atoms with van der Waals surface area (Å²) in [5, 5.41) is 17.0. The van der Waals surface area contributed by atoms with E-state index in [-0.39, 0.29) is 5.49 Å². The highest BCUT2D eigenvalue weighted by molar-refractivity contribution is 5.66. The molecular formula is C4H5N7. The summed E-state index contributed by atoms with van der Waals surface area (Å²) < 4.78 is 1.21. The van der Waals surface area contributed by atoms with Gasteiger partial charge in [0, 0.05) is 0 Å². The lowest BCUT2D eigenvalue weighted by Crippen LogP contribution is -2.17. The Labute approximate surface area is 60.3 Å². The lowest BCUT2D eigenvalue weighted by Gasteiger charge is -1.94. The van der Waals surface area contributed by atoms with Gasteiger partial charge < -0.3 is 5.84 Å². The van der Waals surface area contributed by atoms with Crippen LogP contribution in [-0.4, -0.2) is 25.1 Å². The number of nitrogen functional groups attached to an aromatic ring is 1. The van der Waals surface area contributed by atoms with Gasteiger partial charge in [-0.3, -0.25) is 5.41 Å². The van der Waals surface area contributed by atoms with Gasteiger partial charge in [0.15, 0.2) is 11.0 Å². The molecule has 2 rings (SSSR count). The molecule has 0 amide bonds. The maximum Gasteiger partial charge on any atom is 0.205 e. The number of nitrogens with two attached hydrogens (primary N) is 1. The molecule has 0 saturated heterocycles. The molecule has 0 unspecified atom stereocenters. The summed E-state index contributed by atoms with van der Waals surface area (Å²) in [6, 6.07) is 0. The molecule has 2 aromatic heterocycles. The van der Waals surface area contributed by atoms with Crippen molar-refractivity contribution in [3.63, 3.8) is 0 Å². The van der Waals surface area contributed by atoms with Crippen LogP contribution < -0.4 is 11.3 Å². The van der Waals surface area contributed by atoms with E-state index in [2.05, 4.69) is 20.4 Å². The van der Waals surface area contributed by atoms with Crippen LogP contribution in [-0.2, 0) is 0 Å². The van der Waals surface area contributed by atoms with Gasteiger partial charge in [-0.1, -0.05) is 0 Å². The summed E-state index contributed by atoms with van der Waals surface area (Å²) in [5.74, 6) is 5.42. The predicted octanol–water partition coefficient (Wildman–Crippen LogP) is -1.65. The maximum atomic E-state index is 7.27. The van der Waals surface area contributed by atoms with E-state index in [0.29, 0.717) is 11.2 Å². The van der Waals surface area contributed by atoms with Crippen LogP contribution in [0, 0.1) is 5.41 Å². The topological polar surface area (TPSA) is 109 Å². The van der Waals surface area contributed by atoms with E-state index < -0.39 is 0 Å². The fourth-order valence-corrected chi connectivity index (χ4v) is 0.800. The first-order chi connectivity index (χ1) is 5.29. The van der Waals surface area contributed by atoms with Crippen molar-refractivity contribution in [1.29, 1.82) is 5.41 Å².